The van der Waals surface area contributed by atoms with Gasteiger partial charge in [-0.15, -0.1) is 0 Å². The summed E-state index contributed by atoms with van der Waals surface area (Å²) in [6.07, 6.45) is 0. The number of nitrogens with zero attached hydrogens (tertiary/aromatic N) is 2. The first-order chi connectivity index (χ1) is 8.60. The molecule has 0 unspecified atom stereocenters. The summed E-state index contributed by atoms with van der Waals surface area (Å²) in [5.41, 5.74) is 6.09. The van der Waals surface area contributed by atoms with Crippen LogP contribution < -0.4 is 5.32 Å². The van der Waals surface area contributed by atoms with Crippen molar-refractivity contribution in [3.05, 3.63) is 46.8 Å². The summed E-state index contributed by atoms with van der Waals surface area (Å²) in [5.74, 6) is 0. The largest absolute Gasteiger partial charge is 0.379 e. The van der Waals surface area contributed by atoms with Gasteiger partial charge in [-0.3, -0.25) is 4.68 Å². The molecule has 0 saturated carbocycles. The maximum Gasteiger partial charge on any atom is 0.0597 e. The molecule has 2 rings (SSSR count). The van der Waals surface area contributed by atoms with Crippen LogP contribution in [-0.4, -0.2) is 9.78 Å². The number of benzene rings is 1. The van der Waals surface area contributed by atoms with Crippen molar-refractivity contribution < 1.29 is 0 Å². The van der Waals surface area contributed by atoms with Gasteiger partial charge in [-0.1, -0.05) is 17.7 Å². The van der Waals surface area contributed by atoms with Crippen LogP contribution in [0.3, 0.4) is 0 Å². The highest BCUT2D eigenvalue weighted by Crippen LogP contribution is 2.17. The number of aryl methyl sites for hydroxylation is 4. The predicted molar refractivity (Wildman–Crippen MR) is 75.9 cm³/mol. The zero-order chi connectivity index (χ0) is 13.1. The van der Waals surface area contributed by atoms with Crippen LogP contribution >= 0.6 is 0 Å². The second kappa shape index (κ2) is 5.25. The third-order valence-electron chi connectivity index (χ3n) is 3.13. The minimum Gasteiger partial charge on any atom is -0.379 e. The number of rotatable bonds is 4. The van der Waals surface area contributed by atoms with Gasteiger partial charge in [0, 0.05) is 12.2 Å². The second-order valence-corrected chi connectivity index (χ2v) is 4.76. The molecule has 1 heterocycles. The van der Waals surface area contributed by atoms with Gasteiger partial charge in [0.1, 0.15) is 0 Å². The molecule has 0 aliphatic heterocycles. The molecule has 0 atom stereocenters. The van der Waals surface area contributed by atoms with Gasteiger partial charge in [0.15, 0.2) is 0 Å². The Morgan fingerprint density at radius 2 is 1.94 bits per heavy atom. The van der Waals surface area contributed by atoms with Gasteiger partial charge in [-0.05, 0) is 45.4 Å². The van der Waals surface area contributed by atoms with Crippen molar-refractivity contribution in [3.8, 4) is 0 Å². The van der Waals surface area contributed by atoms with E-state index < -0.39 is 0 Å². The van der Waals surface area contributed by atoms with Crippen molar-refractivity contribution in [2.75, 3.05) is 5.32 Å². The van der Waals surface area contributed by atoms with E-state index in [4.69, 9.17) is 0 Å². The molecule has 0 saturated heterocycles. The number of hydrogen-bond acceptors (Lipinski definition) is 2. The third-order valence-corrected chi connectivity index (χ3v) is 3.13. The molecule has 0 aliphatic rings. The Balaban J connectivity index is 2.11. The Bertz CT molecular complexity index is 541. The smallest absolute Gasteiger partial charge is 0.0597 e. The van der Waals surface area contributed by atoms with Gasteiger partial charge in [-0.25, -0.2) is 0 Å². The molecule has 18 heavy (non-hydrogen) atoms. The molecule has 0 fully saturated rings. The molecule has 0 radical (unpaired) electrons. The Kier molecular flexibility index (Phi) is 3.70. The van der Waals surface area contributed by atoms with Crippen molar-refractivity contribution in [3.63, 3.8) is 0 Å². The fourth-order valence-corrected chi connectivity index (χ4v) is 2.21. The van der Waals surface area contributed by atoms with Crippen molar-refractivity contribution >= 4 is 5.69 Å². The highest BCUT2D eigenvalue weighted by atomic mass is 15.3. The van der Waals surface area contributed by atoms with Crippen LogP contribution in [0.1, 0.15) is 29.4 Å². The summed E-state index contributed by atoms with van der Waals surface area (Å²) < 4.78 is 2.05. The first kappa shape index (κ1) is 12.7. The summed E-state index contributed by atoms with van der Waals surface area (Å²) in [5, 5.41) is 7.94. The van der Waals surface area contributed by atoms with Crippen LogP contribution in [-0.2, 0) is 13.1 Å². The van der Waals surface area contributed by atoms with E-state index in [2.05, 4.69) is 55.5 Å². The molecule has 1 N–H and O–H groups in total. The normalized spacial score (nSPS) is 10.7. The van der Waals surface area contributed by atoms with Crippen molar-refractivity contribution in [2.24, 2.45) is 0 Å². The molecule has 0 bridgehead atoms. The Morgan fingerprint density at radius 1 is 1.17 bits per heavy atom. The Labute approximate surface area is 109 Å². The van der Waals surface area contributed by atoms with Crippen LogP contribution in [0.15, 0.2) is 24.3 Å². The van der Waals surface area contributed by atoms with Gasteiger partial charge in [0.2, 0.25) is 0 Å². The number of hydrogen-bond donors (Lipinski definition) is 1. The van der Waals surface area contributed by atoms with Crippen molar-refractivity contribution in [2.45, 2.75) is 40.8 Å². The van der Waals surface area contributed by atoms with Crippen molar-refractivity contribution in [1.82, 2.24) is 9.78 Å². The van der Waals surface area contributed by atoms with Gasteiger partial charge < -0.3 is 5.32 Å². The fourth-order valence-electron chi connectivity index (χ4n) is 2.21. The maximum atomic E-state index is 4.45. The van der Waals surface area contributed by atoms with E-state index >= 15 is 0 Å². The lowest BCUT2D eigenvalue weighted by atomic mass is 10.1. The summed E-state index contributed by atoms with van der Waals surface area (Å²) in [6.45, 7) is 10.1. The van der Waals surface area contributed by atoms with Gasteiger partial charge in [-0.2, -0.15) is 5.10 Å². The minimum absolute atomic E-state index is 0.818. The Morgan fingerprint density at radius 3 is 2.61 bits per heavy atom. The van der Waals surface area contributed by atoms with Crippen LogP contribution in [0.4, 0.5) is 5.69 Å². The van der Waals surface area contributed by atoms with E-state index in [9.17, 15) is 0 Å². The molecule has 1 aromatic heterocycles. The lowest BCUT2D eigenvalue weighted by Gasteiger charge is -2.11. The van der Waals surface area contributed by atoms with Gasteiger partial charge >= 0.3 is 0 Å². The zero-order valence-corrected chi connectivity index (χ0v) is 11.6. The molecular weight excluding hydrogens is 222 g/mol. The first-order valence-corrected chi connectivity index (χ1v) is 6.44. The summed E-state index contributed by atoms with van der Waals surface area (Å²) in [7, 11) is 0. The molecule has 3 heteroatoms. The monoisotopic (exact) mass is 243 g/mol. The molecule has 0 amide bonds. The standard InChI is InChI=1S/C15H21N3/c1-5-18-14(9-13(4)17-18)10-16-15-7-6-11(2)8-12(15)3/h6-9,16H,5,10H2,1-4H3. The topological polar surface area (TPSA) is 29.9 Å². The Hall–Kier alpha value is -1.77. The summed E-state index contributed by atoms with van der Waals surface area (Å²) in [6, 6.07) is 8.62. The average Bonchev–Trinajstić information content (AvgIpc) is 2.68. The summed E-state index contributed by atoms with van der Waals surface area (Å²) >= 11 is 0. The van der Waals surface area contributed by atoms with Crippen LogP contribution in [0.5, 0.6) is 0 Å². The van der Waals surface area contributed by atoms with Gasteiger partial charge in [0.25, 0.3) is 0 Å². The van der Waals surface area contributed by atoms with Crippen LogP contribution in [0.25, 0.3) is 0 Å². The average molecular weight is 243 g/mol. The second-order valence-electron chi connectivity index (χ2n) is 4.76. The van der Waals surface area contributed by atoms with E-state index in [-0.39, 0.29) is 0 Å². The molecule has 1 aromatic carbocycles. The number of anilines is 1. The molecular formula is C15H21N3. The van der Waals surface area contributed by atoms with Crippen molar-refractivity contribution in [1.29, 1.82) is 0 Å². The molecule has 0 aliphatic carbocycles. The highest BCUT2D eigenvalue weighted by molar-refractivity contribution is 5.52. The van der Waals surface area contributed by atoms with E-state index in [0.717, 1.165) is 18.8 Å². The van der Waals surface area contributed by atoms with Crippen LogP contribution in [0, 0.1) is 20.8 Å². The van der Waals surface area contributed by atoms with E-state index in [1.54, 1.807) is 0 Å². The maximum absolute atomic E-state index is 4.45. The van der Waals surface area contributed by atoms with Crippen LogP contribution in [0.2, 0.25) is 0 Å². The quantitative estimate of drug-likeness (QED) is 0.891. The number of aromatic nitrogens is 2. The lowest BCUT2D eigenvalue weighted by Crippen LogP contribution is -2.08. The molecule has 96 valence electrons. The minimum atomic E-state index is 0.818. The zero-order valence-electron chi connectivity index (χ0n) is 11.6. The lowest BCUT2D eigenvalue weighted by molar-refractivity contribution is 0.623. The summed E-state index contributed by atoms with van der Waals surface area (Å²) in [4.78, 5) is 0. The molecule has 0 spiro atoms. The van der Waals surface area contributed by atoms with E-state index in [1.807, 2.05) is 11.6 Å². The number of nitrogens with one attached hydrogen (secondary N) is 1. The SMILES string of the molecule is CCn1nc(C)cc1CNc1ccc(C)cc1C. The molecule has 2 aromatic rings. The first-order valence-electron chi connectivity index (χ1n) is 6.44. The van der Waals surface area contributed by atoms with E-state index in [0.29, 0.717) is 0 Å². The molecule has 3 nitrogen and oxygen atoms in total. The van der Waals surface area contributed by atoms with E-state index in [1.165, 1.54) is 22.5 Å². The highest BCUT2D eigenvalue weighted by Gasteiger charge is 2.04. The van der Waals surface area contributed by atoms with Gasteiger partial charge in [0.05, 0.1) is 17.9 Å². The fraction of sp³-hybridized carbons (Fsp3) is 0.400. The third kappa shape index (κ3) is 2.73. The predicted octanol–water partition coefficient (Wildman–Crippen LogP) is 3.44.